The summed E-state index contributed by atoms with van der Waals surface area (Å²) < 4.78 is 5.33. The summed E-state index contributed by atoms with van der Waals surface area (Å²) in [5, 5.41) is 0. The van der Waals surface area contributed by atoms with Gasteiger partial charge in [-0.25, -0.2) is 0 Å². The van der Waals surface area contributed by atoms with Crippen LogP contribution in [-0.2, 0) is 0 Å². The van der Waals surface area contributed by atoms with Crippen LogP contribution in [0, 0.1) is 5.92 Å². The lowest BCUT2D eigenvalue weighted by Gasteiger charge is -2.39. The van der Waals surface area contributed by atoms with Gasteiger partial charge in [0.15, 0.2) is 0 Å². The first-order valence-corrected chi connectivity index (χ1v) is 7.55. The zero-order chi connectivity index (χ0) is 14.1. The van der Waals surface area contributed by atoms with Crippen molar-refractivity contribution in [2.75, 3.05) is 14.2 Å². The number of ether oxygens (including phenoxy) is 1. The minimum atomic E-state index is 0.224. The number of nitrogens with two attached hydrogens (primary N) is 1. The van der Waals surface area contributed by atoms with Crippen LogP contribution in [0.5, 0.6) is 5.75 Å². The van der Waals surface area contributed by atoms with E-state index in [1.807, 2.05) is 12.1 Å². The van der Waals surface area contributed by atoms with Gasteiger partial charge in [-0.2, -0.15) is 0 Å². The molecule has 0 spiro atoms. The summed E-state index contributed by atoms with van der Waals surface area (Å²) in [5.41, 5.74) is 4.29. The molecule has 2 bridgehead atoms. The Bertz CT molecular complexity index is 451. The van der Waals surface area contributed by atoms with Gasteiger partial charge in [0.25, 0.3) is 0 Å². The number of benzene rings is 1. The molecule has 0 radical (unpaired) electrons. The van der Waals surface area contributed by atoms with Crippen LogP contribution in [0.2, 0.25) is 0 Å². The van der Waals surface area contributed by atoms with Crippen LogP contribution in [0.15, 0.2) is 24.3 Å². The monoisotopic (exact) mass is 275 g/mol. The van der Waals surface area contributed by atoms with Gasteiger partial charge >= 0.3 is 0 Å². The second-order valence-electron chi connectivity index (χ2n) is 6.20. The third kappa shape index (κ3) is 2.43. The maximum atomic E-state index is 5.87. The lowest BCUT2D eigenvalue weighted by molar-refractivity contribution is 0.112. The molecule has 0 saturated carbocycles. The van der Waals surface area contributed by atoms with Crippen LogP contribution in [0.3, 0.4) is 0 Å². The van der Waals surface area contributed by atoms with Crippen molar-refractivity contribution >= 4 is 0 Å². The number of rotatable bonds is 4. The second-order valence-corrected chi connectivity index (χ2v) is 6.20. The van der Waals surface area contributed by atoms with E-state index in [1.54, 1.807) is 7.11 Å². The lowest BCUT2D eigenvalue weighted by atomic mass is 9.82. The van der Waals surface area contributed by atoms with Crippen LogP contribution in [0.4, 0.5) is 0 Å². The summed E-state index contributed by atoms with van der Waals surface area (Å²) in [5.74, 6) is 7.38. The summed E-state index contributed by atoms with van der Waals surface area (Å²) in [6.07, 6.45) is 5.15. The third-order valence-corrected chi connectivity index (χ3v) is 5.24. The predicted molar refractivity (Wildman–Crippen MR) is 80.4 cm³/mol. The van der Waals surface area contributed by atoms with E-state index in [2.05, 4.69) is 29.5 Å². The highest BCUT2D eigenvalue weighted by molar-refractivity contribution is 5.31. The van der Waals surface area contributed by atoms with Crippen molar-refractivity contribution in [3.05, 3.63) is 29.8 Å². The van der Waals surface area contributed by atoms with Crippen molar-refractivity contribution in [2.24, 2.45) is 11.8 Å². The van der Waals surface area contributed by atoms with Gasteiger partial charge in [0.05, 0.1) is 7.11 Å². The molecule has 1 aromatic carbocycles. The van der Waals surface area contributed by atoms with E-state index in [0.29, 0.717) is 5.92 Å². The van der Waals surface area contributed by atoms with Crippen molar-refractivity contribution in [2.45, 2.75) is 43.8 Å². The van der Waals surface area contributed by atoms with Gasteiger partial charge in [0.2, 0.25) is 0 Å². The van der Waals surface area contributed by atoms with E-state index >= 15 is 0 Å². The average molecular weight is 275 g/mol. The van der Waals surface area contributed by atoms with E-state index < -0.39 is 0 Å². The first-order valence-electron chi connectivity index (χ1n) is 7.55. The zero-order valence-corrected chi connectivity index (χ0v) is 12.4. The van der Waals surface area contributed by atoms with Gasteiger partial charge in [-0.1, -0.05) is 12.1 Å². The normalized spacial score (nSPS) is 31.2. The molecule has 3 unspecified atom stereocenters. The molecule has 2 heterocycles. The number of nitrogens with zero attached hydrogens (tertiary/aromatic N) is 1. The van der Waals surface area contributed by atoms with Crippen LogP contribution >= 0.6 is 0 Å². The standard InChI is InChI=1S/C16H25N3O/c1-19-13-6-7-14(19)9-12(8-13)16(18-17)11-4-3-5-15(10-11)20-2/h3-5,10,12-14,16,18H,6-9,17H2,1-2H3. The van der Waals surface area contributed by atoms with Crippen LogP contribution in [-0.4, -0.2) is 31.1 Å². The highest BCUT2D eigenvalue weighted by atomic mass is 16.5. The van der Waals surface area contributed by atoms with Gasteiger partial charge in [0.1, 0.15) is 5.75 Å². The number of methoxy groups -OCH3 is 1. The van der Waals surface area contributed by atoms with Crippen molar-refractivity contribution in [3.63, 3.8) is 0 Å². The summed E-state index contributed by atoms with van der Waals surface area (Å²) in [7, 11) is 3.98. The molecule has 110 valence electrons. The molecule has 0 amide bonds. The number of hydrogen-bond donors (Lipinski definition) is 2. The Balaban J connectivity index is 1.80. The molecule has 1 aromatic rings. The Morgan fingerprint density at radius 1 is 1.30 bits per heavy atom. The zero-order valence-electron chi connectivity index (χ0n) is 12.4. The molecule has 20 heavy (non-hydrogen) atoms. The van der Waals surface area contributed by atoms with E-state index in [1.165, 1.54) is 31.2 Å². The van der Waals surface area contributed by atoms with Crippen molar-refractivity contribution in [1.82, 2.24) is 10.3 Å². The molecule has 0 aliphatic carbocycles. The smallest absolute Gasteiger partial charge is 0.119 e. The summed E-state index contributed by atoms with van der Waals surface area (Å²) in [4.78, 5) is 2.57. The highest BCUT2D eigenvalue weighted by Gasteiger charge is 2.41. The van der Waals surface area contributed by atoms with Gasteiger partial charge < -0.3 is 9.64 Å². The maximum Gasteiger partial charge on any atom is 0.119 e. The van der Waals surface area contributed by atoms with Crippen molar-refractivity contribution in [3.8, 4) is 5.75 Å². The SMILES string of the molecule is COc1cccc(C(NN)C2CC3CCC(C2)N3C)c1. The molecular formula is C16H25N3O. The molecule has 2 saturated heterocycles. The van der Waals surface area contributed by atoms with E-state index in [9.17, 15) is 0 Å². The lowest BCUT2D eigenvalue weighted by Crippen LogP contribution is -2.45. The Kier molecular flexibility index (Phi) is 3.96. The summed E-state index contributed by atoms with van der Waals surface area (Å²) in [6.45, 7) is 0. The van der Waals surface area contributed by atoms with E-state index in [4.69, 9.17) is 10.6 Å². The Hall–Kier alpha value is -1.10. The number of hydrogen-bond acceptors (Lipinski definition) is 4. The quantitative estimate of drug-likeness (QED) is 0.652. The molecule has 2 fully saturated rings. The molecule has 2 aliphatic heterocycles. The first kappa shape index (κ1) is 13.9. The maximum absolute atomic E-state index is 5.87. The average Bonchev–Trinajstić information content (AvgIpc) is 2.70. The fraction of sp³-hybridized carbons (Fsp3) is 0.625. The molecule has 3 atom stereocenters. The Morgan fingerprint density at radius 3 is 2.60 bits per heavy atom. The molecule has 4 nitrogen and oxygen atoms in total. The van der Waals surface area contributed by atoms with Gasteiger partial charge in [-0.05, 0) is 56.3 Å². The van der Waals surface area contributed by atoms with Crippen molar-refractivity contribution in [1.29, 1.82) is 0 Å². The summed E-state index contributed by atoms with van der Waals surface area (Å²) >= 11 is 0. The topological polar surface area (TPSA) is 50.5 Å². The largest absolute Gasteiger partial charge is 0.497 e. The number of hydrazine groups is 1. The second kappa shape index (κ2) is 5.72. The van der Waals surface area contributed by atoms with Gasteiger partial charge in [-0.15, -0.1) is 0 Å². The minimum Gasteiger partial charge on any atom is -0.497 e. The first-order chi connectivity index (χ1) is 9.72. The molecule has 3 rings (SSSR count). The van der Waals surface area contributed by atoms with Crippen LogP contribution < -0.4 is 16.0 Å². The third-order valence-electron chi connectivity index (χ3n) is 5.24. The molecular weight excluding hydrogens is 250 g/mol. The Morgan fingerprint density at radius 2 is 2.00 bits per heavy atom. The van der Waals surface area contributed by atoms with Crippen LogP contribution in [0.1, 0.15) is 37.3 Å². The van der Waals surface area contributed by atoms with Gasteiger partial charge in [-0.3, -0.25) is 11.3 Å². The van der Waals surface area contributed by atoms with E-state index in [0.717, 1.165) is 17.8 Å². The van der Waals surface area contributed by atoms with Crippen molar-refractivity contribution < 1.29 is 4.74 Å². The fourth-order valence-electron chi connectivity index (χ4n) is 4.07. The Labute approximate surface area is 121 Å². The molecule has 3 N–H and O–H groups in total. The molecule has 4 heteroatoms. The predicted octanol–water partition coefficient (Wildman–Crippen LogP) is 2.07. The molecule has 0 aromatic heterocycles. The minimum absolute atomic E-state index is 0.224. The highest BCUT2D eigenvalue weighted by Crippen LogP contribution is 2.42. The summed E-state index contributed by atoms with van der Waals surface area (Å²) in [6, 6.07) is 9.97. The van der Waals surface area contributed by atoms with E-state index in [-0.39, 0.29) is 6.04 Å². The molecule has 2 aliphatic rings. The number of fused-ring (bicyclic) bond motifs is 2. The number of piperidine rings is 1. The van der Waals surface area contributed by atoms with Gasteiger partial charge in [0, 0.05) is 18.1 Å². The number of nitrogens with one attached hydrogen (secondary N) is 1. The van der Waals surface area contributed by atoms with Crippen LogP contribution in [0.25, 0.3) is 0 Å². The fourth-order valence-corrected chi connectivity index (χ4v) is 4.07.